The molecule has 0 spiro atoms. The Balaban J connectivity index is 1.38. The highest BCUT2D eigenvalue weighted by Gasteiger charge is 2.50. The zero-order chi connectivity index (χ0) is 22.5. The van der Waals surface area contributed by atoms with Gasteiger partial charge in [0.05, 0.1) is 35.2 Å². The SMILES string of the molecule is O=C(c1cc(F)ccc1-n1nccn1)N1C2CCC1C(Oc1ncc(C(F)(F)F)cn1)C2. The number of nitrogens with zero attached hydrogens (tertiary/aromatic N) is 6. The number of aromatic nitrogens is 5. The summed E-state index contributed by atoms with van der Waals surface area (Å²) in [5, 5.41) is 8.05. The van der Waals surface area contributed by atoms with Gasteiger partial charge in [0.25, 0.3) is 5.91 Å². The molecule has 0 aliphatic carbocycles. The summed E-state index contributed by atoms with van der Waals surface area (Å²) in [5.41, 5.74) is -0.513. The van der Waals surface area contributed by atoms with Crippen molar-refractivity contribution in [3.63, 3.8) is 0 Å². The van der Waals surface area contributed by atoms with Crippen molar-refractivity contribution in [2.24, 2.45) is 0 Å². The highest BCUT2D eigenvalue weighted by molar-refractivity contribution is 5.98. The monoisotopic (exact) mass is 448 g/mol. The van der Waals surface area contributed by atoms with E-state index in [9.17, 15) is 22.4 Å². The summed E-state index contributed by atoms with van der Waals surface area (Å²) in [7, 11) is 0. The van der Waals surface area contributed by atoms with Crippen LogP contribution in [0.4, 0.5) is 17.6 Å². The molecule has 5 rings (SSSR count). The predicted octanol–water partition coefficient (Wildman–Crippen LogP) is 3.04. The van der Waals surface area contributed by atoms with Crippen LogP contribution in [0.5, 0.6) is 6.01 Å². The topological polar surface area (TPSA) is 86.0 Å². The molecule has 3 atom stereocenters. The summed E-state index contributed by atoms with van der Waals surface area (Å²) in [6, 6.07) is 3.14. The normalized spacial score (nSPS) is 22.4. The Morgan fingerprint density at radius 2 is 1.81 bits per heavy atom. The van der Waals surface area contributed by atoms with E-state index in [1.54, 1.807) is 4.90 Å². The Morgan fingerprint density at radius 3 is 2.50 bits per heavy atom. The van der Waals surface area contributed by atoms with Gasteiger partial charge in [0, 0.05) is 24.9 Å². The molecule has 2 fully saturated rings. The molecule has 3 unspecified atom stereocenters. The smallest absolute Gasteiger partial charge is 0.419 e. The standard InChI is InChI=1S/C20H16F4N6O2/c21-12-1-3-15(30-27-5-6-28-30)14(7-12)18(31)29-13-2-4-16(29)17(8-13)32-19-25-9-11(10-26-19)20(22,23)24/h1,3,5-7,9-10,13,16-17H,2,4,8H2. The number of carbonyl (C=O) groups is 1. The number of fused-ring (bicyclic) bond motifs is 2. The molecule has 0 radical (unpaired) electrons. The number of benzene rings is 1. The van der Waals surface area contributed by atoms with Crippen LogP contribution < -0.4 is 4.74 Å². The molecule has 166 valence electrons. The predicted molar refractivity (Wildman–Crippen MR) is 100 cm³/mol. The van der Waals surface area contributed by atoms with E-state index in [1.165, 1.54) is 29.3 Å². The lowest BCUT2D eigenvalue weighted by Crippen LogP contribution is -2.40. The number of hydrogen-bond acceptors (Lipinski definition) is 6. The minimum atomic E-state index is -4.54. The minimum absolute atomic E-state index is 0.115. The Labute approximate surface area is 178 Å². The average Bonchev–Trinajstić information content (AvgIpc) is 3.49. The fourth-order valence-corrected chi connectivity index (χ4v) is 4.37. The molecule has 3 aromatic rings. The van der Waals surface area contributed by atoms with Crippen LogP contribution in [-0.4, -0.2) is 54.0 Å². The summed E-state index contributed by atoms with van der Waals surface area (Å²) in [6.45, 7) is 0. The molecule has 12 heteroatoms. The largest absolute Gasteiger partial charge is 0.458 e. The zero-order valence-electron chi connectivity index (χ0n) is 16.4. The molecule has 8 nitrogen and oxygen atoms in total. The summed E-state index contributed by atoms with van der Waals surface area (Å²) >= 11 is 0. The highest BCUT2D eigenvalue weighted by Crippen LogP contribution is 2.41. The first-order chi connectivity index (χ1) is 15.3. The number of alkyl halides is 3. The van der Waals surface area contributed by atoms with E-state index in [0.29, 0.717) is 30.9 Å². The Morgan fingerprint density at radius 1 is 1.09 bits per heavy atom. The van der Waals surface area contributed by atoms with Gasteiger partial charge in [-0.05, 0) is 31.0 Å². The van der Waals surface area contributed by atoms with E-state index < -0.39 is 23.7 Å². The van der Waals surface area contributed by atoms with Crippen LogP contribution >= 0.6 is 0 Å². The second kappa shape index (κ2) is 7.53. The molecule has 0 N–H and O–H groups in total. The summed E-state index contributed by atoms with van der Waals surface area (Å²) in [6.07, 6.45) is 1.07. The van der Waals surface area contributed by atoms with E-state index in [1.807, 2.05) is 0 Å². The van der Waals surface area contributed by atoms with Gasteiger partial charge >= 0.3 is 12.2 Å². The minimum Gasteiger partial charge on any atom is -0.458 e. The van der Waals surface area contributed by atoms with Gasteiger partial charge < -0.3 is 9.64 Å². The van der Waals surface area contributed by atoms with Crippen LogP contribution in [0.25, 0.3) is 5.69 Å². The molecule has 2 bridgehead atoms. The van der Waals surface area contributed by atoms with Crippen LogP contribution in [0, 0.1) is 5.82 Å². The maximum absolute atomic E-state index is 14.0. The van der Waals surface area contributed by atoms with Crippen LogP contribution in [-0.2, 0) is 6.18 Å². The van der Waals surface area contributed by atoms with Gasteiger partial charge in [0.1, 0.15) is 11.9 Å². The van der Waals surface area contributed by atoms with E-state index in [2.05, 4.69) is 20.2 Å². The Bertz CT molecular complexity index is 1140. The molecule has 0 saturated carbocycles. The summed E-state index contributed by atoms with van der Waals surface area (Å²) in [5.74, 6) is -0.953. The van der Waals surface area contributed by atoms with Crippen molar-refractivity contribution in [2.75, 3.05) is 0 Å². The van der Waals surface area contributed by atoms with E-state index >= 15 is 0 Å². The first-order valence-corrected chi connectivity index (χ1v) is 9.86. The van der Waals surface area contributed by atoms with Gasteiger partial charge in [0.2, 0.25) is 0 Å². The fourth-order valence-electron chi connectivity index (χ4n) is 4.37. The maximum Gasteiger partial charge on any atom is 0.419 e. The molecule has 2 aliphatic rings. The second-order valence-corrected chi connectivity index (χ2v) is 7.64. The van der Waals surface area contributed by atoms with Crippen molar-refractivity contribution in [1.82, 2.24) is 29.9 Å². The first kappa shape index (κ1) is 20.3. The van der Waals surface area contributed by atoms with Crippen LogP contribution in [0.1, 0.15) is 35.2 Å². The number of hydrogen-bond donors (Lipinski definition) is 0. The first-order valence-electron chi connectivity index (χ1n) is 9.86. The molecule has 1 aromatic carbocycles. The molecule has 1 amide bonds. The van der Waals surface area contributed by atoms with Crippen LogP contribution in [0.2, 0.25) is 0 Å². The van der Waals surface area contributed by atoms with E-state index in [-0.39, 0.29) is 29.6 Å². The molecule has 2 aromatic heterocycles. The third-order valence-corrected chi connectivity index (χ3v) is 5.75. The average molecular weight is 448 g/mol. The highest BCUT2D eigenvalue weighted by atomic mass is 19.4. The van der Waals surface area contributed by atoms with E-state index in [4.69, 9.17) is 4.74 Å². The second-order valence-electron chi connectivity index (χ2n) is 7.64. The molecule has 2 saturated heterocycles. The summed E-state index contributed by atoms with van der Waals surface area (Å²) in [4.78, 5) is 23.6. The maximum atomic E-state index is 14.0. The number of amides is 1. The number of ether oxygens (including phenoxy) is 1. The number of halogens is 4. The van der Waals surface area contributed by atoms with Crippen molar-refractivity contribution >= 4 is 5.91 Å². The van der Waals surface area contributed by atoms with Gasteiger partial charge in [-0.15, -0.1) is 0 Å². The van der Waals surface area contributed by atoms with Crippen LogP contribution in [0.15, 0.2) is 43.0 Å². The van der Waals surface area contributed by atoms with Gasteiger partial charge in [-0.2, -0.15) is 28.2 Å². The van der Waals surface area contributed by atoms with Gasteiger partial charge in [-0.3, -0.25) is 4.79 Å². The van der Waals surface area contributed by atoms with Crippen molar-refractivity contribution in [1.29, 1.82) is 0 Å². The fraction of sp³-hybridized carbons (Fsp3) is 0.350. The third kappa shape index (κ3) is 3.55. The van der Waals surface area contributed by atoms with Gasteiger partial charge in [-0.25, -0.2) is 14.4 Å². The molecule has 4 heterocycles. The van der Waals surface area contributed by atoms with E-state index in [0.717, 1.165) is 12.5 Å². The Hall–Kier alpha value is -3.57. The van der Waals surface area contributed by atoms with Crippen molar-refractivity contribution in [3.05, 3.63) is 59.9 Å². The molecular weight excluding hydrogens is 432 g/mol. The molecule has 32 heavy (non-hydrogen) atoms. The summed E-state index contributed by atoms with van der Waals surface area (Å²) < 4.78 is 57.8. The lowest BCUT2D eigenvalue weighted by Gasteiger charge is -2.25. The quantitative estimate of drug-likeness (QED) is 0.571. The third-order valence-electron chi connectivity index (χ3n) is 5.75. The molecule has 2 aliphatic heterocycles. The van der Waals surface area contributed by atoms with Gasteiger partial charge in [0.15, 0.2) is 0 Å². The van der Waals surface area contributed by atoms with Crippen molar-refractivity contribution in [3.8, 4) is 11.7 Å². The lowest BCUT2D eigenvalue weighted by atomic mass is 9.98. The van der Waals surface area contributed by atoms with Gasteiger partial charge in [-0.1, -0.05) is 0 Å². The Kier molecular flexibility index (Phi) is 4.79. The zero-order valence-corrected chi connectivity index (χ0v) is 16.4. The van der Waals surface area contributed by atoms with Crippen LogP contribution in [0.3, 0.4) is 0 Å². The lowest BCUT2D eigenvalue weighted by molar-refractivity contribution is -0.138. The number of carbonyl (C=O) groups excluding carboxylic acids is 1. The van der Waals surface area contributed by atoms with Crippen molar-refractivity contribution in [2.45, 2.75) is 43.6 Å². The van der Waals surface area contributed by atoms with Crippen molar-refractivity contribution < 1.29 is 27.1 Å². The number of rotatable bonds is 4. The molecular formula is C20H16F4N6O2.